The minimum absolute atomic E-state index is 0.549. The van der Waals surface area contributed by atoms with Crippen molar-refractivity contribution < 1.29 is 4.79 Å². The number of hydrogen-bond donors (Lipinski definition) is 0. The van der Waals surface area contributed by atoms with E-state index in [2.05, 4.69) is 15.3 Å². The van der Waals surface area contributed by atoms with Crippen molar-refractivity contribution in [3.8, 4) is 5.69 Å². The van der Waals surface area contributed by atoms with Gasteiger partial charge in [0.2, 0.25) is 6.08 Å². The Morgan fingerprint density at radius 1 is 1.43 bits per heavy atom. The quantitative estimate of drug-likeness (QED) is 0.523. The predicted molar refractivity (Wildman–Crippen MR) is 49.1 cm³/mol. The molecule has 0 saturated heterocycles. The maximum atomic E-state index is 10.0. The molecule has 1 heterocycles. The molecule has 0 amide bonds. The summed E-state index contributed by atoms with van der Waals surface area (Å²) in [6.45, 7) is 0. The Balaban J connectivity index is 2.45. The highest BCUT2D eigenvalue weighted by Gasteiger charge is 1.97. The molecular weight excluding hydrogens is 180 g/mol. The van der Waals surface area contributed by atoms with Crippen LogP contribution < -0.4 is 0 Å². The average molecular weight is 186 g/mol. The second-order valence-corrected chi connectivity index (χ2v) is 2.57. The van der Waals surface area contributed by atoms with Gasteiger partial charge < -0.3 is 0 Å². The van der Waals surface area contributed by atoms with Gasteiger partial charge in [0.1, 0.15) is 0 Å². The summed E-state index contributed by atoms with van der Waals surface area (Å²) >= 11 is 0. The van der Waals surface area contributed by atoms with Gasteiger partial charge >= 0.3 is 0 Å². The smallest absolute Gasteiger partial charge is 0.221 e. The minimum Gasteiger partial charge on any atom is -0.221 e. The highest BCUT2D eigenvalue weighted by Crippen LogP contribution is 2.15. The van der Waals surface area contributed by atoms with E-state index < -0.39 is 0 Å². The van der Waals surface area contributed by atoms with E-state index in [-0.39, 0.29) is 0 Å². The molecule has 0 aliphatic carbocycles. The molecule has 0 fully saturated rings. The summed E-state index contributed by atoms with van der Waals surface area (Å²) < 4.78 is 1.59. The fraction of sp³-hybridized carbons (Fsp3) is 0. The molecular formula is C9H6N4O. The van der Waals surface area contributed by atoms with Gasteiger partial charge in [-0.15, -0.1) is 5.10 Å². The third-order valence-corrected chi connectivity index (χ3v) is 1.69. The van der Waals surface area contributed by atoms with Gasteiger partial charge in [0.25, 0.3) is 0 Å². The predicted octanol–water partition coefficient (Wildman–Crippen LogP) is 1.23. The summed E-state index contributed by atoms with van der Waals surface area (Å²) in [5.74, 6) is 0. The lowest BCUT2D eigenvalue weighted by Gasteiger charge is -1.99. The van der Waals surface area contributed by atoms with Gasteiger partial charge in [0.05, 0.1) is 23.8 Å². The molecule has 0 atom stereocenters. The normalized spacial score (nSPS) is 9.43. The molecule has 2 aromatic rings. The SMILES string of the molecule is O=C=Nc1cccc(-n2ccnn2)c1. The monoisotopic (exact) mass is 186 g/mol. The molecule has 0 saturated carbocycles. The Kier molecular flexibility index (Phi) is 2.17. The van der Waals surface area contributed by atoms with Crippen molar-refractivity contribution in [2.45, 2.75) is 0 Å². The number of aromatic nitrogens is 3. The molecule has 2 rings (SSSR count). The van der Waals surface area contributed by atoms with Crippen molar-refractivity contribution in [1.82, 2.24) is 15.0 Å². The van der Waals surface area contributed by atoms with Gasteiger partial charge in [-0.3, -0.25) is 0 Å². The van der Waals surface area contributed by atoms with E-state index in [0.717, 1.165) is 5.69 Å². The van der Waals surface area contributed by atoms with Crippen molar-refractivity contribution in [2.24, 2.45) is 4.99 Å². The largest absolute Gasteiger partial charge is 0.240 e. The van der Waals surface area contributed by atoms with Crippen LogP contribution in [0.1, 0.15) is 0 Å². The number of rotatable bonds is 2. The van der Waals surface area contributed by atoms with Crippen LogP contribution in [0.15, 0.2) is 41.7 Å². The summed E-state index contributed by atoms with van der Waals surface area (Å²) in [6, 6.07) is 7.07. The van der Waals surface area contributed by atoms with Gasteiger partial charge in [0, 0.05) is 0 Å². The van der Waals surface area contributed by atoms with Crippen LogP contribution >= 0.6 is 0 Å². The fourth-order valence-corrected chi connectivity index (χ4v) is 1.10. The Bertz CT molecular complexity index is 471. The molecule has 14 heavy (non-hydrogen) atoms. The second kappa shape index (κ2) is 3.64. The van der Waals surface area contributed by atoms with E-state index in [0.29, 0.717) is 5.69 Å². The number of nitrogens with zero attached hydrogens (tertiary/aromatic N) is 4. The fourth-order valence-electron chi connectivity index (χ4n) is 1.10. The molecule has 5 nitrogen and oxygen atoms in total. The molecule has 0 radical (unpaired) electrons. The lowest BCUT2D eigenvalue weighted by molar-refractivity contribution is 0.565. The van der Waals surface area contributed by atoms with E-state index in [1.807, 2.05) is 6.07 Å². The molecule has 1 aromatic carbocycles. The number of aliphatic imine (C=N–C) groups is 1. The first-order chi connectivity index (χ1) is 6.90. The van der Waals surface area contributed by atoms with Crippen LogP contribution in [0.5, 0.6) is 0 Å². The first-order valence-electron chi connectivity index (χ1n) is 3.95. The summed E-state index contributed by atoms with van der Waals surface area (Å²) in [5, 5.41) is 7.49. The van der Waals surface area contributed by atoms with Crippen LogP contribution in [0.4, 0.5) is 5.69 Å². The van der Waals surface area contributed by atoms with Crippen molar-refractivity contribution in [1.29, 1.82) is 0 Å². The molecule has 0 bridgehead atoms. The first-order valence-corrected chi connectivity index (χ1v) is 3.95. The highest BCUT2D eigenvalue weighted by molar-refractivity contribution is 5.52. The number of isocyanates is 1. The van der Waals surface area contributed by atoms with Crippen LogP contribution in [-0.2, 0) is 4.79 Å². The van der Waals surface area contributed by atoms with Crippen molar-refractivity contribution in [2.75, 3.05) is 0 Å². The topological polar surface area (TPSA) is 60.1 Å². The van der Waals surface area contributed by atoms with Gasteiger partial charge in [-0.05, 0) is 18.2 Å². The van der Waals surface area contributed by atoms with Gasteiger partial charge in [-0.2, -0.15) is 4.99 Å². The van der Waals surface area contributed by atoms with Crippen LogP contribution in [0.25, 0.3) is 5.69 Å². The zero-order chi connectivity index (χ0) is 9.80. The molecule has 5 heteroatoms. The molecule has 0 unspecified atom stereocenters. The standard InChI is InChI=1S/C9H6N4O/c14-7-10-8-2-1-3-9(6-8)13-5-4-11-12-13/h1-6H. The molecule has 1 aromatic heterocycles. The molecule has 68 valence electrons. The summed E-state index contributed by atoms with van der Waals surface area (Å²) in [7, 11) is 0. The Morgan fingerprint density at radius 2 is 2.36 bits per heavy atom. The Hall–Kier alpha value is -2.26. The van der Waals surface area contributed by atoms with Crippen molar-refractivity contribution in [3.63, 3.8) is 0 Å². The summed E-state index contributed by atoms with van der Waals surface area (Å²) in [5.41, 5.74) is 1.35. The molecule has 0 N–H and O–H groups in total. The maximum absolute atomic E-state index is 10.0. The number of carbonyl (C=O) groups excluding carboxylic acids is 1. The second-order valence-electron chi connectivity index (χ2n) is 2.57. The van der Waals surface area contributed by atoms with Gasteiger partial charge in [0.15, 0.2) is 0 Å². The van der Waals surface area contributed by atoms with Crippen LogP contribution in [-0.4, -0.2) is 21.1 Å². The number of hydrogen-bond acceptors (Lipinski definition) is 4. The lowest BCUT2D eigenvalue weighted by atomic mass is 10.3. The molecule has 0 aliphatic heterocycles. The average Bonchev–Trinajstić information content (AvgIpc) is 2.71. The van der Waals surface area contributed by atoms with Crippen molar-refractivity contribution >= 4 is 11.8 Å². The molecule has 0 aliphatic rings. The third-order valence-electron chi connectivity index (χ3n) is 1.69. The van der Waals surface area contributed by atoms with E-state index in [1.54, 1.807) is 35.3 Å². The van der Waals surface area contributed by atoms with E-state index in [9.17, 15) is 4.79 Å². The highest BCUT2D eigenvalue weighted by atomic mass is 16.1. The van der Waals surface area contributed by atoms with E-state index in [1.165, 1.54) is 6.08 Å². The van der Waals surface area contributed by atoms with Gasteiger partial charge in [-0.25, -0.2) is 9.48 Å². The summed E-state index contributed by atoms with van der Waals surface area (Å²) in [4.78, 5) is 13.6. The van der Waals surface area contributed by atoms with Crippen LogP contribution in [0.3, 0.4) is 0 Å². The zero-order valence-electron chi connectivity index (χ0n) is 7.16. The Morgan fingerprint density at radius 3 is 3.07 bits per heavy atom. The maximum Gasteiger partial charge on any atom is 0.240 e. The minimum atomic E-state index is 0.549. The van der Waals surface area contributed by atoms with Gasteiger partial charge in [-0.1, -0.05) is 11.3 Å². The third kappa shape index (κ3) is 1.57. The number of benzene rings is 1. The lowest BCUT2D eigenvalue weighted by Crippen LogP contribution is -1.93. The van der Waals surface area contributed by atoms with E-state index >= 15 is 0 Å². The van der Waals surface area contributed by atoms with E-state index in [4.69, 9.17) is 0 Å². The van der Waals surface area contributed by atoms with Crippen molar-refractivity contribution in [3.05, 3.63) is 36.7 Å². The van der Waals surface area contributed by atoms with Crippen LogP contribution in [0.2, 0.25) is 0 Å². The summed E-state index contributed by atoms with van der Waals surface area (Å²) in [6.07, 6.45) is 4.78. The van der Waals surface area contributed by atoms with Crippen LogP contribution in [0, 0.1) is 0 Å². The molecule has 0 spiro atoms. The first kappa shape index (κ1) is 8.34. The zero-order valence-corrected chi connectivity index (χ0v) is 7.16. The Labute approximate surface area is 79.7 Å².